The van der Waals surface area contributed by atoms with Gasteiger partial charge < -0.3 is 0 Å². The smallest absolute Gasteiger partial charge is 0.277 e. The SMILES string of the molecule is CCC(c1nccs1)N1C(=O)CC(=O)NC1=O. The van der Waals surface area contributed by atoms with Crippen LogP contribution in [-0.2, 0) is 9.59 Å². The molecular formula is C10H11N3O3S. The van der Waals surface area contributed by atoms with Gasteiger partial charge in [0.15, 0.2) is 0 Å². The van der Waals surface area contributed by atoms with Gasteiger partial charge in [-0.1, -0.05) is 6.92 Å². The van der Waals surface area contributed by atoms with Crippen molar-refractivity contribution in [1.29, 1.82) is 0 Å². The van der Waals surface area contributed by atoms with Crippen LogP contribution < -0.4 is 5.32 Å². The Morgan fingerprint density at radius 2 is 2.29 bits per heavy atom. The second-order valence-corrected chi connectivity index (χ2v) is 4.51. The number of aromatic nitrogens is 1. The van der Waals surface area contributed by atoms with Crippen molar-refractivity contribution in [3.8, 4) is 0 Å². The quantitative estimate of drug-likeness (QED) is 0.817. The van der Waals surface area contributed by atoms with E-state index in [2.05, 4.69) is 10.3 Å². The number of amides is 4. The average molecular weight is 253 g/mol. The van der Waals surface area contributed by atoms with E-state index >= 15 is 0 Å². The lowest BCUT2D eigenvalue weighted by Gasteiger charge is -2.30. The number of rotatable bonds is 3. The summed E-state index contributed by atoms with van der Waals surface area (Å²) in [5.41, 5.74) is 0. The minimum absolute atomic E-state index is 0.284. The lowest BCUT2D eigenvalue weighted by molar-refractivity contribution is -0.137. The van der Waals surface area contributed by atoms with Gasteiger partial charge in [0, 0.05) is 11.6 Å². The number of hydrogen-bond donors (Lipinski definition) is 1. The first-order valence-corrected chi connectivity index (χ1v) is 6.06. The van der Waals surface area contributed by atoms with E-state index in [-0.39, 0.29) is 6.42 Å². The van der Waals surface area contributed by atoms with E-state index in [0.717, 1.165) is 4.90 Å². The molecule has 0 aliphatic carbocycles. The van der Waals surface area contributed by atoms with E-state index in [9.17, 15) is 14.4 Å². The maximum Gasteiger partial charge on any atom is 0.331 e. The van der Waals surface area contributed by atoms with Crippen molar-refractivity contribution in [3.05, 3.63) is 16.6 Å². The van der Waals surface area contributed by atoms with Crippen molar-refractivity contribution in [2.45, 2.75) is 25.8 Å². The van der Waals surface area contributed by atoms with E-state index < -0.39 is 23.9 Å². The number of thiazole rings is 1. The summed E-state index contributed by atoms with van der Waals surface area (Å²) >= 11 is 1.38. The number of carbonyl (C=O) groups is 3. The molecule has 0 radical (unpaired) electrons. The fourth-order valence-corrected chi connectivity index (χ4v) is 2.55. The molecule has 0 spiro atoms. The van der Waals surface area contributed by atoms with Crippen molar-refractivity contribution in [2.24, 2.45) is 0 Å². The molecule has 1 N–H and O–H groups in total. The van der Waals surface area contributed by atoms with Crippen molar-refractivity contribution < 1.29 is 14.4 Å². The summed E-state index contributed by atoms with van der Waals surface area (Å²) in [6.45, 7) is 1.86. The van der Waals surface area contributed by atoms with Crippen molar-refractivity contribution in [2.75, 3.05) is 0 Å². The zero-order valence-corrected chi connectivity index (χ0v) is 9.99. The van der Waals surface area contributed by atoms with E-state index in [1.54, 1.807) is 11.6 Å². The highest BCUT2D eigenvalue weighted by molar-refractivity contribution is 7.09. The molecule has 0 bridgehead atoms. The molecule has 1 saturated heterocycles. The predicted molar refractivity (Wildman–Crippen MR) is 60.1 cm³/mol. The van der Waals surface area contributed by atoms with Gasteiger partial charge in [-0.05, 0) is 6.42 Å². The minimum Gasteiger partial charge on any atom is -0.277 e. The third-order valence-electron chi connectivity index (χ3n) is 2.48. The molecular weight excluding hydrogens is 242 g/mol. The van der Waals surface area contributed by atoms with Gasteiger partial charge in [-0.2, -0.15) is 0 Å². The molecule has 90 valence electrons. The highest BCUT2D eigenvalue weighted by Crippen LogP contribution is 2.27. The second kappa shape index (κ2) is 4.62. The van der Waals surface area contributed by atoms with Crippen LogP contribution in [0.4, 0.5) is 4.79 Å². The van der Waals surface area contributed by atoms with Gasteiger partial charge in [0.05, 0.1) is 6.04 Å². The van der Waals surface area contributed by atoms with Crippen LogP contribution in [0.5, 0.6) is 0 Å². The Hall–Kier alpha value is -1.76. The molecule has 0 aromatic carbocycles. The Morgan fingerprint density at radius 1 is 1.53 bits per heavy atom. The van der Waals surface area contributed by atoms with E-state index in [1.165, 1.54) is 11.3 Å². The third-order valence-corrected chi connectivity index (χ3v) is 3.36. The minimum atomic E-state index is -0.659. The van der Waals surface area contributed by atoms with Crippen molar-refractivity contribution in [1.82, 2.24) is 15.2 Å². The maximum absolute atomic E-state index is 11.7. The fourth-order valence-electron chi connectivity index (χ4n) is 1.74. The van der Waals surface area contributed by atoms with Crippen LogP contribution in [0.25, 0.3) is 0 Å². The van der Waals surface area contributed by atoms with Gasteiger partial charge in [-0.25, -0.2) is 9.78 Å². The number of barbiturate groups is 1. The van der Waals surface area contributed by atoms with Crippen LogP contribution in [0.1, 0.15) is 30.8 Å². The van der Waals surface area contributed by atoms with Crippen LogP contribution >= 0.6 is 11.3 Å². The molecule has 2 rings (SSSR count). The Labute approximate surface area is 102 Å². The normalized spacial score (nSPS) is 18.2. The van der Waals surface area contributed by atoms with E-state index in [1.807, 2.05) is 6.92 Å². The fraction of sp³-hybridized carbons (Fsp3) is 0.400. The number of imide groups is 2. The lowest BCUT2D eigenvalue weighted by Crippen LogP contribution is -2.53. The molecule has 1 atom stereocenters. The topological polar surface area (TPSA) is 79.4 Å². The highest BCUT2D eigenvalue weighted by atomic mass is 32.1. The number of carbonyl (C=O) groups excluding carboxylic acids is 3. The summed E-state index contributed by atoms with van der Waals surface area (Å²) in [5, 5.41) is 4.63. The number of hydrogen-bond acceptors (Lipinski definition) is 5. The Kier molecular flexibility index (Phi) is 3.19. The summed E-state index contributed by atoms with van der Waals surface area (Å²) < 4.78 is 0. The summed E-state index contributed by atoms with van der Waals surface area (Å²) in [4.78, 5) is 39.6. The van der Waals surface area contributed by atoms with E-state index in [0.29, 0.717) is 11.4 Å². The number of urea groups is 1. The molecule has 17 heavy (non-hydrogen) atoms. The number of nitrogens with one attached hydrogen (secondary N) is 1. The Bertz CT molecular complexity index is 437. The lowest BCUT2D eigenvalue weighted by atomic mass is 10.1. The molecule has 4 amide bonds. The average Bonchev–Trinajstić information content (AvgIpc) is 2.76. The highest BCUT2D eigenvalue weighted by Gasteiger charge is 2.36. The van der Waals surface area contributed by atoms with Crippen LogP contribution in [0.2, 0.25) is 0 Å². The molecule has 0 saturated carbocycles. The first-order chi connectivity index (χ1) is 8.13. The van der Waals surface area contributed by atoms with Gasteiger partial charge in [-0.15, -0.1) is 11.3 Å². The van der Waals surface area contributed by atoms with Crippen molar-refractivity contribution >= 4 is 29.2 Å². The zero-order chi connectivity index (χ0) is 12.4. The third kappa shape index (κ3) is 2.19. The summed E-state index contributed by atoms with van der Waals surface area (Å²) in [5.74, 6) is -1.02. The van der Waals surface area contributed by atoms with Crippen molar-refractivity contribution in [3.63, 3.8) is 0 Å². The Morgan fingerprint density at radius 3 is 2.82 bits per heavy atom. The number of nitrogens with zero attached hydrogens (tertiary/aromatic N) is 2. The molecule has 6 nitrogen and oxygen atoms in total. The van der Waals surface area contributed by atoms with Gasteiger partial charge >= 0.3 is 6.03 Å². The molecule has 7 heteroatoms. The van der Waals surface area contributed by atoms with Crippen LogP contribution in [0.15, 0.2) is 11.6 Å². The molecule has 1 fully saturated rings. The summed E-state index contributed by atoms with van der Waals surface area (Å²) in [6, 6.07) is -1.05. The molecule has 2 heterocycles. The van der Waals surface area contributed by atoms with Gasteiger partial charge in [-0.3, -0.25) is 19.8 Å². The molecule has 1 aliphatic heterocycles. The van der Waals surface area contributed by atoms with E-state index in [4.69, 9.17) is 0 Å². The molecule has 1 unspecified atom stereocenters. The van der Waals surface area contributed by atoms with Crippen LogP contribution in [-0.4, -0.2) is 27.7 Å². The standard InChI is InChI=1S/C10H11N3O3S/c1-2-6(9-11-3-4-17-9)13-8(15)5-7(14)12-10(13)16/h3-4,6H,2,5H2,1H3,(H,12,14,16). The predicted octanol–water partition coefficient (Wildman–Crippen LogP) is 1.06. The first kappa shape index (κ1) is 11.7. The monoisotopic (exact) mass is 253 g/mol. The summed E-state index contributed by atoms with van der Waals surface area (Å²) in [6.07, 6.45) is 1.91. The molecule has 1 aromatic heterocycles. The van der Waals surface area contributed by atoms with Gasteiger partial charge in [0.25, 0.3) is 0 Å². The summed E-state index contributed by atoms with van der Waals surface area (Å²) in [7, 11) is 0. The van der Waals surface area contributed by atoms with Crippen LogP contribution in [0, 0.1) is 0 Å². The second-order valence-electron chi connectivity index (χ2n) is 3.59. The molecule has 1 aromatic rings. The van der Waals surface area contributed by atoms with Gasteiger partial charge in [0.1, 0.15) is 11.4 Å². The maximum atomic E-state index is 11.7. The van der Waals surface area contributed by atoms with Gasteiger partial charge in [0.2, 0.25) is 11.8 Å². The van der Waals surface area contributed by atoms with Crippen LogP contribution in [0.3, 0.4) is 0 Å². The largest absolute Gasteiger partial charge is 0.331 e. The Balaban J connectivity index is 2.28. The molecule has 1 aliphatic rings. The zero-order valence-electron chi connectivity index (χ0n) is 9.17. The first-order valence-electron chi connectivity index (χ1n) is 5.18.